The fourth-order valence-corrected chi connectivity index (χ4v) is 1.16. The second-order valence-corrected chi connectivity index (χ2v) is 3.65. The molecule has 0 aliphatic rings. The van der Waals surface area contributed by atoms with Gasteiger partial charge in [-0.05, 0) is 32.8 Å². The molecule has 0 N–H and O–H groups in total. The average Bonchev–Trinajstić information content (AvgIpc) is 2.24. The van der Waals surface area contributed by atoms with Crippen LogP contribution in [0, 0.1) is 0 Å². The standard InChI is InChI=1S/C14H20O2/c1-3-4-5-6-7-11-14(16)12-9-8-10-13(2)15/h3-7,11H,8-10,12H2,1-2H3/b4-3+,6-5+,11-7+. The van der Waals surface area contributed by atoms with Crippen LogP contribution in [-0.2, 0) is 9.59 Å². The summed E-state index contributed by atoms with van der Waals surface area (Å²) in [6.45, 7) is 3.52. The number of hydrogen-bond acceptors (Lipinski definition) is 2. The molecule has 0 aromatic carbocycles. The van der Waals surface area contributed by atoms with Crippen molar-refractivity contribution in [3.63, 3.8) is 0 Å². The highest BCUT2D eigenvalue weighted by Gasteiger charge is 1.97. The van der Waals surface area contributed by atoms with E-state index in [1.807, 2.05) is 31.2 Å². The molecular weight excluding hydrogens is 200 g/mol. The number of hydrogen-bond donors (Lipinski definition) is 0. The molecular formula is C14H20O2. The van der Waals surface area contributed by atoms with Gasteiger partial charge < -0.3 is 4.79 Å². The summed E-state index contributed by atoms with van der Waals surface area (Å²) < 4.78 is 0. The highest BCUT2D eigenvalue weighted by molar-refractivity contribution is 5.89. The molecule has 0 aromatic rings. The van der Waals surface area contributed by atoms with E-state index < -0.39 is 0 Å². The van der Waals surface area contributed by atoms with Crippen molar-refractivity contribution < 1.29 is 9.59 Å². The van der Waals surface area contributed by atoms with Gasteiger partial charge in [-0.25, -0.2) is 0 Å². The molecule has 88 valence electrons. The van der Waals surface area contributed by atoms with E-state index in [0.29, 0.717) is 12.8 Å². The second-order valence-electron chi connectivity index (χ2n) is 3.65. The molecule has 0 amide bonds. The molecule has 0 radical (unpaired) electrons. The van der Waals surface area contributed by atoms with E-state index in [0.717, 1.165) is 12.8 Å². The smallest absolute Gasteiger partial charge is 0.155 e. The van der Waals surface area contributed by atoms with Gasteiger partial charge in [0.05, 0.1) is 0 Å². The largest absolute Gasteiger partial charge is 0.300 e. The number of allylic oxidation sites excluding steroid dienone is 6. The molecule has 0 saturated carbocycles. The lowest BCUT2D eigenvalue weighted by Crippen LogP contribution is -1.94. The molecule has 0 bridgehead atoms. The third-order valence-corrected chi connectivity index (χ3v) is 2.01. The Morgan fingerprint density at radius 2 is 1.56 bits per heavy atom. The van der Waals surface area contributed by atoms with Gasteiger partial charge in [0.25, 0.3) is 0 Å². The Morgan fingerprint density at radius 1 is 0.938 bits per heavy atom. The fourth-order valence-electron chi connectivity index (χ4n) is 1.16. The second kappa shape index (κ2) is 10.1. The molecule has 2 nitrogen and oxygen atoms in total. The maximum atomic E-state index is 11.3. The molecule has 0 heterocycles. The predicted octanol–water partition coefficient (Wildman–Crippen LogP) is 3.39. The molecule has 0 aliphatic carbocycles. The molecule has 2 heteroatoms. The van der Waals surface area contributed by atoms with Crippen LogP contribution < -0.4 is 0 Å². The highest BCUT2D eigenvalue weighted by Crippen LogP contribution is 2.01. The molecule has 0 aromatic heterocycles. The van der Waals surface area contributed by atoms with Crippen LogP contribution in [0.4, 0.5) is 0 Å². The Balaban J connectivity index is 3.62. The van der Waals surface area contributed by atoms with E-state index in [9.17, 15) is 9.59 Å². The first-order valence-corrected chi connectivity index (χ1v) is 5.65. The van der Waals surface area contributed by atoms with Gasteiger partial charge in [-0.3, -0.25) is 4.79 Å². The van der Waals surface area contributed by atoms with Crippen molar-refractivity contribution in [2.45, 2.75) is 39.5 Å². The lowest BCUT2D eigenvalue weighted by atomic mass is 10.1. The SMILES string of the molecule is C/C=C/C=C/C=C/C(=O)CCCCC(C)=O. The molecule has 0 aliphatic heterocycles. The lowest BCUT2D eigenvalue weighted by Gasteiger charge is -1.94. The fraction of sp³-hybridized carbons (Fsp3) is 0.429. The Labute approximate surface area is 97.7 Å². The van der Waals surface area contributed by atoms with Crippen molar-refractivity contribution in [3.05, 3.63) is 36.5 Å². The van der Waals surface area contributed by atoms with Crippen LogP contribution >= 0.6 is 0 Å². The first-order chi connectivity index (χ1) is 7.66. The summed E-state index contributed by atoms with van der Waals surface area (Å²) in [6, 6.07) is 0. The summed E-state index contributed by atoms with van der Waals surface area (Å²) in [7, 11) is 0. The van der Waals surface area contributed by atoms with Crippen LogP contribution in [-0.4, -0.2) is 11.6 Å². The molecule has 0 rings (SSSR count). The summed E-state index contributed by atoms with van der Waals surface area (Å²) >= 11 is 0. The normalized spacial score (nSPS) is 11.9. The number of carbonyl (C=O) groups is 2. The van der Waals surface area contributed by atoms with Crippen molar-refractivity contribution in [1.29, 1.82) is 0 Å². The quantitative estimate of drug-likeness (QED) is 0.357. The third kappa shape index (κ3) is 10.6. The van der Waals surface area contributed by atoms with E-state index >= 15 is 0 Å². The zero-order chi connectivity index (χ0) is 12.2. The summed E-state index contributed by atoms with van der Waals surface area (Å²) in [4.78, 5) is 21.9. The first-order valence-electron chi connectivity index (χ1n) is 5.65. The summed E-state index contributed by atoms with van der Waals surface area (Å²) in [5.41, 5.74) is 0. The minimum atomic E-state index is 0.119. The van der Waals surface area contributed by atoms with Gasteiger partial charge in [-0.15, -0.1) is 0 Å². The average molecular weight is 220 g/mol. The van der Waals surface area contributed by atoms with Crippen LogP contribution in [0.25, 0.3) is 0 Å². The summed E-state index contributed by atoms with van der Waals surface area (Å²) in [5, 5.41) is 0. The monoisotopic (exact) mass is 220 g/mol. The predicted molar refractivity (Wildman–Crippen MR) is 67.3 cm³/mol. The van der Waals surface area contributed by atoms with Gasteiger partial charge in [0, 0.05) is 12.8 Å². The van der Waals surface area contributed by atoms with Crippen LogP contribution in [0.5, 0.6) is 0 Å². The molecule has 0 unspecified atom stereocenters. The van der Waals surface area contributed by atoms with Crippen molar-refractivity contribution >= 4 is 11.6 Å². The van der Waals surface area contributed by atoms with Crippen molar-refractivity contribution in [1.82, 2.24) is 0 Å². The van der Waals surface area contributed by atoms with Crippen molar-refractivity contribution in [2.24, 2.45) is 0 Å². The minimum absolute atomic E-state index is 0.119. The third-order valence-electron chi connectivity index (χ3n) is 2.01. The molecule has 16 heavy (non-hydrogen) atoms. The number of ketones is 2. The molecule has 0 fully saturated rings. The van der Waals surface area contributed by atoms with Gasteiger partial charge in [0.15, 0.2) is 5.78 Å². The number of carbonyl (C=O) groups excluding carboxylic acids is 2. The molecule has 0 atom stereocenters. The Hall–Kier alpha value is -1.44. The van der Waals surface area contributed by atoms with Crippen molar-refractivity contribution in [2.75, 3.05) is 0 Å². The maximum Gasteiger partial charge on any atom is 0.155 e. The maximum absolute atomic E-state index is 11.3. The van der Waals surface area contributed by atoms with Crippen LogP contribution in [0.1, 0.15) is 39.5 Å². The van der Waals surface area contributed by atoms with E-state index in [-0.39, 0.29) is 11.6 Å². The van der Waals surface area contributed by atoms with E-state index in [1.165, 1.54) is 0 Å². The summed E-state index contributed by atoms with van der Waals surface area (Å²) in [6.07, 6.45) is 13.6. The summed E-state index contributed by atoms with van der Waals surface area (Å²) in [5.74, 6) is 0.311. The number of rotatable bonds is 8. The van der Waals surface area contributed by atoms with Gasteiger partial charge in [0.1, 0.15) is 5.78 Å². The Morgan fingerprint density at radius 3 is 2.19 bits per heavy atom. The molecule has 0 saturated heterocycles. The van der Waals surface area contributed by atoms with Gasteiger partial charge in [0.2, 0.25) is 0 Å². The Bertz CT molecular complexity index is 296. The zero-order valence-corrected chi connectivity index (χ0v) is 10.1. The Kier molecular flexibility index (Phi) is 9.18. The molecule has 0 spiro atoms. The van der Waals surface area contributed by atoms with Gasteiger partial charge in [-0.2, -0.15) is 0 Å². The zero-order valence-electron chi connectivity index (χ0n) is 10.1. The van der Waals surface area contributed by atoms with Crippen LogP contribution in [0.15, 0.2) is 36.5 Å². The van der Waals surface area contributed by atoms with Gasteiger partial charge >= 0.3 is 0 Å². The van der Waals surface area contributed by atoms with E-state index in [2.05, 4.69) is 0 Å². The number of unbranched alkanes of at least 4 members (excludes halogenated alkanes) is 1. The van der Waals surface area contributed by atoms with Crippen LogP contribution in [0.3, 0.4) is 0 Å². The topological polar surface area (TPSA) is 34.1 Å². The van der Waals surface area contributed by atoms with E-state index in [4.69, 9.17) is 0 Å². The van der Waals surface area contributed by atoms with Gasteiger partial charge in [-0.1, -0.05) is 30.4 Å². The van der Waals surface area contributed by atoms with E-state index in [1.54, 1.807) is 19.1 Å². The first kappa shape index (κ1) is 14.6. The minimum Gasteiger partial charge on any atom is -0.300 e. The highest BCUT2D eigenvalue weighted by atomic mass is 16.1. The van der Waals surface area contributed by atoms with Crippen molar-refractivity contribution in [3.8, 4) is 0 Å². The number of Topliss-reactive ketones (excluding diaryl/α,β-unsaturated/α-hetero) is 1. The van der Waals surface area contributed by atoms with Crippen LogP contribution in [0.2, 0.25) is 0 Å². The lowest BCUT2D eigenvalue weighted by molar-refractivity contribution is -0.118.